The van der Waals surface area contributed by atoms with Crippen molar-refractivity contribution in [2.24, 2.45) is 0 Å². The fourth-order valence-electron chi connectivity index (χ4n) is 4.35. The molecule has 3 N–H and O–H groups in total. The number of anilines is 1. The van der Waals surface area contributed by atoms with Crippen LogP contribution in [0.5, 0.6) is 0 Å². The number of halogens is 3. The fraction of sp³-hybridized carbons (Fsp3) is 0.545. The number of nitrogens with zero attached hydrogens (tertiary/aromatic N) is 2. The number of aliphatic hydroxyl groups excluding tert-OH is 2. The van der Waals surface area contributed by atoms with E-state index in [-0.39, 0.29) is 13.2 Å². The third kappa shape index (κ3) is 5.52. The molecule has 0 saturated heterocycles. The van der Waals surface area contributed by atoms with Crippen molar-refractivity contribution in [1.82, 2.24) is 9.47 Å². The summed E-state index contributed by atoms with van der Waals surface area (Å²) in [4.78, 5) is 2.17. The van der Waals surface area contributed by atoms with Crippen LogP contribution in [-0.4, -0.2) is 64.0 Å². The van der Waals surface area contributed by atoms with E-state index < -0.39 is 12.5 Å². The van der Waals surface area contributed by atoms with Gasteiger partial charge >= 0.3 is 0 Å². The van der Waals surface area contributed by atoms with Crippen LogP contribution in [0.2, 0.25) is 0 Å². The highest BCUT2D eigenvalue weighted by atomic mass is 127. The molecule has 1 aromatic carbocycles. The van der Waals surface area contributed by atoms with E-state index in [0.717, 1.165) is 46.0 Å². The Morgan fingerprint density at radius 2 is 1.87 bits per heavy atom. The molecule has 1 saturated carbocycles. The predicted octanol–water partition coefficient (Wildman–Crippen LogP) is 4.08. The lowest BCUT2D eigenvalue weighted by Gasteiger charge is -2.37. The quantitative estimate of drug-likeness (QED) is 0.319. The lowest BCUT2D eigenvalue weighted by molar-refractivity contribution is 0.0370. The molecule has 1 heterocycles. The first-order chi connectivity index (χ1) is 14.4. The molecule has 166 valence electrons. The van der Waals surface area contributed by atoms with Gasteiger partial charge in [0.2, 0.25) is 0 Å². The summed E-state index contributed by atoms with van der Waals surface area (Å²) in [6.07, 6.45) is 4.67. The minimum Gasteiger partial charge on any atom is -0.395 e. The molecule has 0 unspecified atom stereocenters. The molecule has 0 spiro atoms. The number of aromatic nitrogens is 1. The average Bonchev–Trinajstić information content (AvgIpc) is 3.04. The Balaban J connectivity index is 1.71. The molecule has 8 heteroatoms. The highest BCUT2D eigenvalue weighted by Gasteiger charge is 2.28. The van der Waals surface area contributed by atoms with E-state index in [1.807, 2.05) is 24.3 Å². The highest BCUT2D eigenvalue weighted by Crippen LogP contribution is 2.33. The average molecular weight is 533 g/mol. The van der Waals surface area contributed by atoms with Crippen molar-refractivity contribution in [3.05, 3.63) is 40.6 Å². The largest absolute Gasteiger partial charge is 0.395 e. The fourth-order valence-corrected chi connectivity index (χ4v) is 5.09. The molecule has 0 atom stereocenters. The van der Waals surface area contributed by atoms with Gasteiger partial charge < -0.3 is 20.1 Å². The number of allylic oxidation sites excluding steroid dienone is 1. The van der Waals surface area contributed by atoms with Crippen LogP contribution >= 0.6 is 22.6 Å². The lowest BCUT2D eigenvalue weighted by atomic mass is 9.89. The first kappa shape index (κ1) is 23.4. The molecule has 0 aliphatic heterocycles. The third-order valence-corrected chi connectivity index (χ3v) is 6.80. The van der Waals surface area contributed by atoms with Crippen molar-refractivity contribution >= 4 is 39.2 Å². The zero-order valence-corrected chi connectivity index (χ0v) is 19.2. The van der Waals surface area contributed by atoms with Crippen molar-refractivity contribution in [3.63, 3.8) is 0 Å². The Bertz CT molecular complexity index is 844. The number of fused-ring (bicyclic) bond motifs is 1. The molecule has 1 fully saturated rings. The van der Waals surface area contributed by atoms with E-state index in [0.29, 0.717) is 31.2 Å². The Labute approximate surface area is 189 Å². The molecular weight excluding hydrogens is 503 g/mol. The van der Waals surface area contributed by atoms with E-state index >= 15 is 0 Å². The van der Waals surface area contributed by atoms with Crippen LogP contribution in [0.15, 0.2) is 36.9 Å². The number of hydrogen-bond donors (Lipinski definition) is 3. The molecule has 0 bridgehead atoms. The zero-order chi connectivity index (χ0) is 21.7. The maximum absolute atomic E-state index is 13.9. The lowest BCUT2D eigenvalue weighted by Crippen LogP contribution is -2.43. The summed E-state index contributed by atoms with van der Waals surface area (Å²) in [7, 11) is 0. The van der Waals surface area contributed by atoms with Gasteiger partial charge in [-0.2, -0.15) is 0 Å². The van der Waals surface area contributed by atoms with Crippen molar-refractivity contribution in [3.8, 4) is 0 Å². The zero-order valence-electron chi connectivity index (χ0n) is 17.0. The Morgan fingerprint density at radius 3 is 2.47 bits per heavy atom. The van der Waals surface area contributed by atoms with Gasteiger partial charge in [0, 0.05) is 36.2 Å². The van der Waals surface area contributed by atoms with Crippen LogP contribution in [0.25, 0.3) is 10.9 Å². The highest BCUT2D eigenvalue weighted by molar-refractivity contribution is 14.1. The van der Waals surface area contributed by atoms with Crippen LogP contribution in [-0.2, 0) is 6.54 Å². The van der Waals surface area contributed by atoms with Gasteiger partial charge in [-0.1, -0.05) is 12.6 Å². The first-order valence-corrected chi connectivity index (χ1v) is 11.5. The number of benzene rings is 1. The second-order valence-electron chi connectivity index (χ2n) is 7.89. The minimum atomic E-state index is -2.96. The first-order valence-electron chi connectivity index (χ1n) is 10.4. The van der Waals surface area contributed by atoms with Gasteiger partial charge in [-0.15, -0.1) is 0 Å². The van der Waals surface area contributed by atoms with Gasteiger partial charge in [0.1, 0.15) is 0 Å². The monoisotopic (exact) mass is 533 g/mol. The second-order valence-corrected chi connectivity index (χ2v) is 8.99. The summed E-state index contributed by atoms with van der Waals surface area (Å²) in [5.41, 5.74) is 1.76. The van der Waals surface area contributed by atoms with Crippen LogP contribution in [0.1, 0.15) is 25.7 Å². The summed E-state index contributed by atoms with van der Waals surface area (Å²) in [6.45, 7) is 4.20. The van der Waals surface area contributed by atoms with Gasteiger partial charge in [-0.05, 0) is 72.5 Å². The molecule has 0 amide bonds. The molecule has 1 aliphatic carbocycles. The van der Waals surface area contributed by atoms with E-state index in [9.17, 15) is 19.0 Å². The summed E-state index contributed by atoms with van der Waals surface area (Å²) in [6, 6.07) is 8.42. The van der Waals surface area contributed by atoms with Gasteiger partial charge in [0.05, 0.1) is 29.0 Å². The Morgan fingerprint density at radius 1 is 1.20 bits per heavy atom. The normalized spacial score (nSPS) is 20.1. The molecule has 30 heavy (non-hydrogen) atoms. The maximum atomic E-state index is 13.9. The van der Waals surface area contributed by atoms with Crippen LogP contribution in [0.4, 0.5) is 14.5 Å². The van der Waals surface area contributed by atoms with Gasteiger partial charge in [0.15, 0.2) is 0 Å². The third-order valence-electron chi connectivity index (χ3n) is 5.91. The summed E-state index contributed by atoms with van der Waals surface area (Å²) in [5, 5.41) is 23.1. The van der Waals surface area contributed by atoms with E-state index in [1.54, 1.807) is 4.57 Å². The van der Waals surface area contributed by atoms with Crippen molar-refractivity contribution in [2.75, 3.05) is 31.6 Å². The smallest absolute Gasteiger partial charge is 0.283 e. The summed E-state index contributed by atoms with van der Waals surface area (Å²) in [5.74, 6) is -2.96. The van der Waals surface area contributed by atoms with Gasteiger partial charge in [0.25, 0.3) is 5.92 Å². The molecule has 5 nitrogen and oxygen atoms in total. The molecule has 3 rings (SSSR count). The second kappa shape index (κ2) is 10.4. The van der Waals surface area contributed by atoms with Crippen LogP contribution in [0, 0.1) is 3.70 Å². The number of aliphatic hydroxyl groups is 2. The Kier molecular flexibility index (Phi) is 8.11. The molecular formula is C22H30F2IN3O2. The number of nitrogens with one attached hydrogen (secondary N) is 1. The molecule has 2 aromatic rings. The Hall–Kier alpha value is -1.23. The maximum Gasteiger partial charge on any atom is 0.283 e. The SMILES string of the molecule is C=CC(F)(F)Cn1c(I)cc2c(NC3CCC(N(CCO)CCO)CC3)cccc21. The number of hydrogen-bond acceptors (Lipinski definition) is 4. The predicted molar refractivity (Wildman–Crippen MR) is 125 cm³/mol. The van der Waals surface area contributed by atoms with E-state index in [2.05, 4.69) is 39.4 Å². The van der Waals surface area contributed by atoms with Crippen molar-refractivity contribution in [2.45, 2.75) is 50.2 Å². The van der Waals surface area contributed by atoms with Crippen LogP contribution < -0.4 is 5.32 Å². The van der Waals surface area contributed by atoms with Gasteiger partial charge in [-0.3, -0.25) is 4.90 Å². The van der Waals surface area contributed by atoms with Gasteiger partial charge in [-0.25, -0.2) is 8.78 Å². The minimum absolute atomic E-state index is 0.0979. The van der Waals surface area contributed by atoms with E-state index in [4.69, 9.17) is 0 Å². The molecule has 1 aromatic heterocycles. The summed E-state index contributed by atoms with van der Waals surface area (Å²) < 4.78 is 30.2. The van der Waals surface area contributed by atoms with Crippen molar-refractivity contribution in [1.29, 1.82) is 0 Å². The molecule has 0 radical (unpaired) electrons. The molecule has 1 aliphatic rings. The van der Waals surface area contributed by atoms with Crippen LogP contribution in [0.3, 0.4) is 0 Å². The number of rotatable bonds is 10. The number of alkyl halides is 2. The summed E-state index contributed by atoms with van der Waals surface area (Å²) >= 11 is 2.10. The standard InChI is InChI=1S/C22H30F2IN3O2/c1-2-22(23,24)15-28-20-5-3-4-19(18(20)14-21(28)25)26-16-6-8-17(9-7-16)27(10-12-29)11-13-30/h2-5,14,16-17,26,29-30H,1,6-13,15H2. The van der Waals surface area contributed by atoms with Crippen molar-refractivity contribution < 1.29 is 19.0 Å². The topological polar surface area (TPSA) is 60.7 Å². The van der Waals surface area contributed by atoms with E-state index in [1.165, 1.54) is 0 Å².